The van der Waals surface area contributed by atoms with Crippen LogP contribution in [-0.2, 0) is 22.6 Å². The van der Waals surface area contributed by atoms with Gasteiger partial charge < -0.3 is 19.1 Å². The predicted molar refractivity (Wildman–Crippen MR) is 119 cm³/mol. The Balaban J connectivity index is 1.35. The minimum atomic E-state index is -0.432. The molecule has 0 radical (unpaired) electrons. The third kappa shape index (κ3) is 3.86. The van der Waals surface area contributed by atoms with E-state index in [9.17, 15) is 14.0 Å². The Kier molecular flexibility index (Phi) is 5.36. The van der Waals surface area contributed by atoms with Crippen LogP contribution in [0.15, 0.2) is 47.0 Å². The molecule has 5 rings (SSSR count). The van der Waals surface area contributed by atoms with E-state index in [-0.39, 0.29) is 24.1 Å². The van der Waals surface area contributed by atoms with Gasteiger partial charge in [0.2, 0.25) is 11.8 Å². The fourth-order valence-corrected chi connectivity index (χ4v) is 4.60. The molecule has 1 fully saturated rings. The number of rotatable bonds is 4. The molecule has 0 N–H and O–H groups in total. The van der Waals surface area contributed by atoms with Gasteiger partial charge >= 0.3 is 0 Å². The van der Waals surface area contributed by atoms with E-state index in [4.69, 9.17) is 9.26 Å². The summed E-state index contributed by atoms with van der Waals surface area (Å²) in [5, 5.41) is 4.15. The van der Waals surface area contributed by atoms with Gasteiger partial charge in [-0.15, -0.1) is 0 Å². The zero-order chi connectivity index (χ0) is 23.1. The quantitative estimate of drug-likeness (QED) is 0.607. The van der Waals surface area contributed by atoms with Gasteiger partial charge in [-0.1, -0.05) is 11.2 Å². The Labute approximate surface area is 190 Å². The van der Waals surface area contributed by atoms with Gasteiger partial charge in [0, 0.05) is 37.1 Å². The van der Waals surface area contributed by atoms with Crippen molar-refractivity contribution in [2.24, 2.45) is 5.92 Å². The van der Waals surface area contributed by atoms with Crippen LogP contribution in [0.2, 0.25) is 0 Å². The van der Waals surface area contributed by atoms with E-state index < -0.39 is 5.92 Å². The number of halogens is 1. The second-order valence-corrected chi connectivity index (χ2v) is 8.53. The molecule has 1 saturated heterocycles. The van der Waals surface area contributed by atoms with Crippen molar-refractivity contribution in [3.8, 4) is 17.1 Å². The lowest BCUT2D eigenvalue weighted by molar-refractivity contribution is -0.136. The summed E-state index contributed by atoms with van der Waals surface area (Å²) in [5.41, 5.74) is 4.07. The molecule has 0 aliphatic carbocycles. The number of carbonyl (C=O) groups is 2. The lowest BCUT2D eigenvalue weighted by atomic mass is 9.99. The first-order valence-corrected chi connectivity index (χ1v) is 10.9. The first-order valence-electron chi connectivity index (χ1n) is 10.9. The van der Waals surface area contributed by atoms with Gasteiger partial charge in [0.05, 0.1) is 31.0 Å². The van der Waals surface area contributed by atoms with Crippen LogP contribution in [0.5, 0.6) is 5.75 Å². The van der Waals surface area contributed by atoms with E-state index in [0.29, 0.717) is 48.8 Å². The maximum atomic E-state index is 13.4. The number of aryl methyl sites for hydroxylation is 1. The number of nitrogens with zero attached hydrogens (tertiary/aromatic N) is 3. The van der Waals surface area contributed by atoms with E-state index >= 15 is 0 Å². The number of benzene rings is 2. The molecule has 33 heavy (non-hydrogen) atoms. The van der Waals surface area contributed by atoms with Gasteiger partial charge in [-0.3, -0.25) is 9.59 Å². The fourth-order valence-electron chi connectivity index (χ4n) is 4.60. The monoisotopic (exact) mass is 449 g/mol. The van der Waals surface area contributed by atoms with E-state index in [0.717, 1.165) is 16.8 Å². The highest BCUT2D eigenvalue weighted by Crippen LogP contribution is 2.36. The van der Waals surface area contributed by atoms with Crippen LogP contribution in [0.1, 0.15) is 23.2 Å². The van der Waals surface area contributed by atoms with Crippen molar-refractivity contribution < 1.29 is 23.2 Å². The van der Waals surface area contributed by atoms with E-state index in [1.165, 1.54) is 12.1 Å². The van der Waals surface area contributed by atoms with Crippen molar-refractivity contribution in [3.05, 3.63) is 65.1 Å². The fraction of sp³-hybridized carbons (Fsp3) is 0.320. The van der Waals surface area contributed by atoms with Crippen LogP contribution in [-0.4, -0.2) is 42.1 Å². The predicted octanol–water partition coefficient (Wildman–Crippen LogP) is 3.74. The molecule has 8 heteroatoms. The first-order chi connectivity index (χ1) is 15.9. The summed E-state index contributed by atoms with van der Waals surface area (Å²) in [4.78, 5) is 29.6. The molecule has 0 bridgehead atoms. The van der Waals surface area contributed by atoms with Gasteiger partial charge in [0.15, 0.2) is 5.76 Å². The van der Waals surface area contributed by atoms with E-state index in [2.05, 4.69) is 5.16 Å². The van der Waals surface area contributed by atoms with Gasteiger partial charge in [0.1, 0.15) is 11.6 Å². The minimum absolute atomic E-state index is 0.0608. The standard InChI is InChI=1S/C25H24FN3O4/c1-15-3-8-22(32-2)21(11-15)29-13-17(12-23(29)30)25(31)28-10-9-20-19(14-28)24(33-27-20)16-4-6-18(26)7-5-16/h3-8,11,17H,9-10,12-14H2,1-2H3. The molecule has 1 aromatic heterocycles. The third-order valence-corrected chi connectivity index (χ3v) is 6.35. The van der Waals surface area contributed by atoms with Crippen LogP contribution < -0.4 is 9.64 Å². The largest absolute Gasteiger partial charge is 0.495 e. The Morgan fingerprint density at radius 2 is 2.00 bits per heavy atom. The highest BCUT2D eigenvalue weighted by atomic mass is 19.1. The Hall–Kier alpha value is -3.68. The van der Waals surface area contributed by atoms with Crippen molar-refractivity contribution in [3.63, 3.8) is 0 Å². The van der Waals surface area contributed by atoms with Crippen LogP contribution in [0.3, 0.4) is 0 Å². The zero-order valence-corrected chi connectivity index (χ0v) is 18.5. The van der Waals surface area contributed by atoms with Crippen LogP contribution in [0, 0.1) is 18.7 Å². The Bertz CT molecular complexity index is 1220. The molecule has 1 atom stereocenters. The van der Waals surface area contributed by atoms with Crippen molar-refractivity contribution in [2.45, 2.75) is 26.3 Å². The highest BCUT2D eigenvalue weighted by Gasteiger charge is 2.39. The second-order valence-electron chi connectivity index (χ2n) is 8.53. The topological polar surface area (TPSA) is 75.9 Å². The smallest absolute Gasteiger partial charge is 0.228 e. The summed E-state index contributed by atoms with van der Waals surface area (Å²) >= 11 is 0. The number of amides is 2. The Morgan fingerprint density at radius 1 is 1.21 bits per heavy atom. The van der Waals surface area contributed by atoms with Crippen LogP contribution in [0.4, 0.5) is 10.1 Å². The van der Waals surface area contributed by atoms with E-state index in [1.807, 2.05) is 25.1 Å². The summed E-state index contributed by atoms with van der Waals surface area (Å²) < 4.78 is 24.3. The summed E-state index contributed by atoms with van der Waals surface area (Å²) in [7, 11) is 1.57. The molecule has 2 aliphatic rings. The summed E-state index contributed by atoms with van der Waals surface area (Å²) in [6.07, 6.45) is 0.732. The molecule has 2 aliphatic heterocycles. The summed E-state index contributed by atoms with van der Waals surface area (Å²) in [6, 6.07) is 11.7. The average molecular weight is 449 g/mol. The number of aromatic nitrogens is 1. The highest BCUT2D eigenvalue weighted by molar-refractivity contribution is 6.01. The molecule has 2 aromatic carbocycles. The zero-order valence-electron chi connectivity index (χ0n) is 18.5. The van der Waals surface area contributed by atoms with Gasteiger partial charge in [-0.05, 0) is 48.9 Å². The van der Waals surface area contributed by atoms with E-state index in [1.54, 1.807) is 29.0 Å². The van der Waals surface area contributed by atoms with Crippen molar-refractivity contribution in [1.29, 1.82) is 0 Å². The molecule has 7 nitrogen and oxygen atoms in total. The van der Waals surface area contributed by atoms with Crippen LogP contribution >= 0.6 is 0 Å². The van der Waals surface area contributed by atoms with Crippen molar-refractivity contribution in [1.82, 2.24) is 10.1 Å². The summed E-state index contributed by atoms with van der Waals surface area (Å²) in [5.74, 6) is 0.249. The number of ether oxygens (including phenoxy) is 1. The van der Waals surface area contributed by atoms with Crippen molar-refractivity contribution >= 4 is 17.5 Å². The molecule has 2 amide bonds. The maximum absolute atomic E-state index is 13.4. The van der Waals surface area contributed by atoms with Gasteiger partial charge in [-0.25, -0.2) is 4.39 Å². The molecular weight excluding hydrogens is 425 g/mol. The van der Waals surface area contributed by atoms with Gasteiger partial charge in [0.25, 0.3) is 0 Å². The molecule has 3 heterocycles. The molecule has 3 aromatic rings. The molecular formula is C25H24FN3O4. The number of hydrogen-bond acceptors (Lipinski definition) is 5. The number of fused-ring (bicyclic) bond motifs is 1. The number of carbonyl (C=O) groups excluding carboxylic acids is 2. The number of methoxy groups -OCH3 is 1. The SMILES string of the molecule is COc1ccc(C)cc1N1CC(C(=O)N2CCc3noc(-c4ccc(F)cc4)c3C2)CC1=O. The average Bonchev–Trinajstić information content (AvgIpc) is 3.42. The Morgan fingerprint density at radius 3 is 2.76 bits per heavy atom. The lowest BCUT2D eigenvalue weighted by Gasteiger charge is -2.29. The molecule has 170 valence electrons. The third-order valence-electron chi connectivity index (χ3n) is 6.35. The summed E-state index contributed by atoms with van der Waals surface area (Å²) in [6.45, 7) is 3.13. The lowest BCUT2D eigenvalue weighted by Crippen LogP contribution is -2.40. The normalized spacial score (nSPS) is 17.9. The minimum Gasteiger partial charge on any atom is -0.495 e. The first kappa shape index (κ1) is 21.2. The molecule has 0 saturated carbocycles. The molecule has 0 spiro atoms. The maximum Gasteiger partial charge on any atom is 0.228 e. The molecule has 1 unspecified atom stereocenters. The van der Waals surface area contributed by atoms with Crippen LogP contribution in [0.25, 0.3) is 11.3 Å². The van der Waals surface area contributed by atoms with Crippen molar-refractivity contribution in [2.75, 3.05) is 25.1 Å². The number of anilines is 1. The van der Waals surface area contributed by atoms with Gasteiger partial charge in [-0.2, -0.15) is 0 Å². The second kappa shape index (κ2) is 8.35. The number of hydrogen-bond donors (Lipinski definition) is 0.